The lowest BCUT2D eigenvalue weighted by molar-refractivity contribution is 0.233. The van der Waals surface area contributed by atoms with E-state index in [1.807, 2.05) is 36.7 Å². The summed E-state index contributed by atoms with van der Waals surface area (Å²) in [6.07, 6.45) is 8.76. The van der Waals surface area contributed by atoms with E-state index < -0.39 is 0 Å². The second-order valence-corrected chi connectivity index (χ2v) is 6.95. The van der Waals surface area contributed by atoms with Crippen LogP contribution in [0.1, 0.15) is 61.7 Å². The molecule has 25 heavy (non-hydrogen) atoms. The lowest BCUT2D eigenvalue weighted by Gasteiger charge is -2.20. The summed E-state index contributed by atoms with van der Waals surface area (Å²) in [7, 11) is 0. The van der Waals surface area contributed by atoms with E-state index in [0.29, 0.717) is 12.6 Å². The summed E-state index contributed by atoms with van der Waals surface area (Å²) in [5, 5.41) is 10.7. The first-order valence-electron chi connectivity index (χ1n) is 9.24. The minimum atomic E-state index is -0.149. The summed E-state index contributed by atoms with van der Waals surface area (Å²) >= 11 is 0. The van der Waals surface area contributed by atoms with Gasteiger partial charge in [0.05, 0.1) is 12.0 Å². The van der Waals surface area contributed by atoms with Gasteiger partial charge < -0.3 is 15.1 Å². The molecule has 2 amide bonds. The minimum Gasteiger partial charge on any atom is -0.467 e. The average Bonchev–Trinajstić information content (AvgIpc) is 3.13. The number of nitrogens with one attached hydrogen (secondary N) is 2. The highest BCUT2D eigenvalue weighted by molar-refractivity contribution is 5.74. The molecule has 0 saturated heterocycles. The van der Waals surface area contributed by atoms with Gasteiger partial charge in [0, 0.05) is 18.3 Å². The first-order valence-corrected chi connectivity index (χ1v) is 9.24. The van der Waals surface area contributed by atoms with Crippen LogP contribution in [0.2, 0.25) is 0 Å². The van der Waals surface area contributed by atoms with Crippen molar-refractivity contribution in [3.63, 3.8) is 0 Å². The van der Waals surface area contributed by atoms with Crippen molar-refractivity contribution in [2.24, 2.45) is 0 Å². The molecule has 1 aliphatic rings. The molecule has 2 aromatic rings. The molecule has 2 aromatic heterocycles. The molecule has 0 radical (unpaired) electrons. The van der Waals surface area contributed by atoms with Crippen molar-refractivity contribution >= 4 is 6.03 Å². The molecule has 136 valence electrons. The normalized spacial score (nSPS) is 17.0. The zero-order chi connectivity index (χ0) is 17.6. The van der Waals surface area contributed by atoms with Crippen molar-refractivity contribution in [2.45, 2.75) is 64.5 Å². The van der Waals surface area contributed by atoms with E-state index in [9.17, 15) is 4.79 Å². The average molecular weight is 344 g/mol. The fourth-order valence-corrected chi connectivity index (χ4v) is 3.60. The maximum absolute atomic E-state index is 12.3. The zero-order valence-electron chi connectivity index (χ0n) is 15.1. The third kappa shape index (κ3) is 4.65. The Morgan fingerprint density at radius 2 is 2.08 bits per heavy atom. The minimum absolute atomic E-state index is 0.106. The maximum atomic E-state index is 12.3. The molecular formula is C19H28N4O2. The van der Waals surface area contributed by atoms with Gasteiger partial charge in [-0.1, -0.05) is 25.7 Å². The standard InChI is InChI=1S/C19H28N4O2/c1-14-12-15(2)23(22-14)17(18-10-7-11-25-18)13-20-19(24)21-16-8-5-3-4-6-9-16/h7,10-12,16-17H,3-6,8-9,13H2,1-2H3,(H2,20,21,24). The summed E-state index contributed by atoms with van der Waals surface area (Å²) in [6, 6.07) is 5.85. The number of amides is 2. The van der Waals surface area contributed by atoms with Crippen LogP contribution in [0.4, 0.5) is 4.79 Å². The summed E-state index contributed by atoms with van der Waals surface area (Å²) in [4.78, 5) is 12.3. The highest BCUT2D eigenvalue weighted by Crippen LogP contribution is 2.20. The molecule has 0 spiro atoms. The van der Waals surface area contributed by atoms with E-state index in [1.165, 1.54) is 25.7 Å². The predicted molar refractivity (Wildman–Crippen MR) is 96.6 cm³/mol. The highest BCUT2D eigenvalue weighted by atomic mass is 16.3. The van der Waals surface area contributed by atoms with Gasteiger partial charge >= 0.3 is 6.03 Å². The quantitative estimate of drug-likeness (QED) is 0.812. The third-order valence-electron chi connectivity index (χ3n) is 4.86. The van der Waals surface area contributed by atoms with Crippen LogP contribution in [-0.2, 0) is 0 Å². The molecule has 6 nitrogen and oxygen atoms in total. The van der Waals surface area contributed by atoms with Gasteiger partial charge in [0.1, 0.15) is 11.8 Å². The van der Waals surface area contributed by atoms with Gasteiger partial charge in [-0.05, 0) is 44.9 Å². The smallest absolute Gasteiger partial charge is 0.315 e. The molecule has 0 bridgehead atoms. The topological polar surface area (TPSA) is 72.1 Å². The van der Waals surface area contributed by atoms with E-state index >= 15 is 0 Å². The van der Waals surface area contributed by atoms with Crippen molar-refractivity contribution in [3.8, 4) is 0 Å². The fraction of sp³-hybridized carbons (Fsp3) is 0.579. The van der Waals surface area contributed by atoms with Gasteiger partial charge in [0.2, 0.25) is 0 Å². The van der Waals surface area contributed by atoms with Gasteiger partial charge in [-0.15, -0.1) is 0 Å². The Morgan fingerprint density at radius 1 is 1.32 bits per heavy atom. The Morgan fingerprint density at radius 3 is 2.68 bits per heavy atom. The van der Waals surface area contributed by atoms with Crippen LogP contribution < -0.4 is 10.6 Å². The predicted octanol–water partition coefficient (Wildman–Crippen LogP) is 3.70. The van der Waals surface area contributed by atoms with Gasteiger partial charge in [0.25, 0.3) is 0 Å². The maximum Gasteiger partial charge on any atom is 0.315 e. The number of aromatic nitrogens is 2. The van der Waals surface area contributed by atoms with E-state index in [1.54, 1.807) is 6.26 Å². The number of carbonyl (C=O) groups is 1. The molecule has 2 heterocycles. The highest BCUT2D eigenvalue weighted by Gasteiger charge is 2.21. The second-order valence-electron chi connectivity index (χ2n) is 6.95. The molecule has 1 fully saturated rings. The van der Waals surface area contributed by atoms with E-state index in [2.05, 4.69) is 15.7 Å². The largest absolute Gasteiger partial charge is 0.467 e. The van der Waals surface area contributed by atoms with Crippen molar-refractivity contribution in [3.05, 3.63) is 41.6 Å². The van der Waals surface area contributed by atoms with Crippen LogP contribution in [0, 0.1) is 13.8 Å². The lowest BCUT2D eigenvalue weighted by atomic mass is 10.1. The first kappa shape index (κ1) is 17.6. The molecule has 3 rings (SSSR count). The zero-order valence-corrected chi connectivity index (χ0v) is 15.1. The SMILES string of the molecule is Cc1cc(C)n(C(CNC(=O)NC2CCCCCC2)c2ccco2)n1. The molecule has 0 aliphatic heterocycles. The summed E-state index contributed by atoms with van der Waals surface area (Å²) < 4.78 is 7.50. The Kier molecular flexibility index (Phi) is 5.79. The number of hydrogen-bond acceptors (Lipinski definition) is 3. The van der Waals surface area contributed by atoms with Gasteiger partial charge in [0.15, 0.2) is 0 Å². The van der Waals surface area contributed by atoms with E-state index in [0.717, 1.165) is 30.0 Å². The summed E-state index contributed by atoms with van der Waals surface area (Å²) in [5.74, 6) is 0.793. The Labute approximate surface area is 149 Å². The third-order valence-corrected chi connectivity index (χ3v) is 4.86. The van der Waals surface area contributed by atoms with E-state index in [-0.39, 0.29) is 12.1 Å². The van der Waals surface area contributed by atoms with Gasteiger partial charge in [-0.2, -0.15) is 5.10 Å². The van der Waals surface area contributed by atoms with Crippen molar-refractivity contribution in [1.29, 1.82) is 0 Å². The first-order chi connectivity index (χ1) is 12.1. The van der Waals surface area contributed by atoms with Gasteiger partial charge in [-0.3, -0.25) is 4.68 Å². The Hall–Kier alpha value is -2.24. The molecular weight excluding hydrogens is 316 g/mol. The number of aryl methyl sites for hydroxylation is 2. The number of urea groups is 1. The Bertz CT molecular complexity index is 670. The molecule has 0 aromatic carbocycles. The number of furan rings is 1. The van der Waals surface area contributed by atoms with Crippen LogP contribution in [-0.4, -0.2) is 28.4 Å². The Balaban J connectivity index is 1.63. The van der Waals surface area contributed by atoms with Crippen LogP contribution in [0.5, 0.6) is 0 Å². The number of carbonyl (C=O) groups excluding carboxylic acids is 1. The monoisotopic (exact) mass is 344 g/mol. The van der Waals surface area contributed by atoms with Crippen molar-refractivity contribution < 1.29 is 9.21 Å². The number of rotatable bonds is 5. The molecule has 1 aliphatic carbocycles. The molecule has 6 heteroatoms. The van der Waals surface area contributed by atoms with Crippen LogP contribution in [0.25, 0.3) is 0 Å². The number of nitrogens with zero attached hydrogens (tertiary/aromatic N) is 2. The summed E-state index contributed by atoms with van der Waals surface area (Å²) in [5.41, 5.74) is 2.00. The second kappa shape index (κ2) is 8.23. The lowest BCUT2D eigenvalue weighted by Crippen LogP contribution is -2.44. The van der Waals surface area contributed by atoms with Crippen molar-refractivity contribution in [1.82, 2.24) is 20.4 Å². The van der Waals surface area contributed by atoms with Crippen molar-refractivity contribution in [2.75, 3.05) is 6.54 Å². The molecule has 1 saturated carbocycles. The van der Waals surface area contributed by atoms with Crippen LogP contribution >= 0.6 is 0 Å². The number of hydrogen-bond donors (Lipinski definition) is 2. The summed E-state index contributed by atoms with van der Waals surface area (Å²) in [6.45, 7) is 4.42. The molecule has 1 atom stereocenters. The molecule has 2 N–H and O–H groups in total. The van der Waals surface area contributed by atoms with Crippen LogP contribution in [0.15, 0.2) is 28.9 Å². The molecule has 1 unspecified atom stereocenters. The fourth-order valence-electron chi connectivity index (χ4n) is 3.60. The van der Waals surface area contributed by atoms with Crippen LogP contribution in [0.3, 0.4) is 0 Å². The van der Waals surface area contributed by atoms with Gasteiger partial charge in [-0.25, -0.2) is 4.79 Å². The van der Waals surface area contributed by atoms with E-state index in [4.69, 9.17) is 4.42 Å².